The van der Waals surface area contributed by atoms with Crippen molar-refractivity contribution in [2.45, 2.75) is 19.6 Å². The van der Waals surface area contributed by atoms with Crippen molar-refractivity contribution in [3.63, 3.8) is 0 Å². The summed E-state index contributed by atoms with van der Waals surface area (Å²) in [5, 5.41) is 16.1. The molecule has 9 nitrogen and oxygen atoms in total. The van der Waals surface area contributed by atoms with E-state index >= 15 is 0 Å². The molecule has 0 spiro atoms. The van der Waals surface area contributed by atoms with Gasteiger partial charge in [-0.15, -0.1) is 5.10 Å². The maximum atomic E-state index is 12.3. The number of nitrogens with one attached hydrogen (secondary N) is 1. The maximum absolute atomic E-state index is 12.3. The summed E-state index contributed by atoms with van der Waals surface area (Å²) < 4.78 is 14.0. The lowest BCUT2D eigenvalue weighted by molar-refractivity contribution is 0.0920. The average molecular weight is 417 g/mol. The van der Waals surface area contributed by atoms with Crippen molar-refractivity contribution in [2.75, 3.05) is 6.54 Å². The van der Waals surface area contributed by atoms with Gasteiger partial charge in [-0.3, -0.25) is 9.20 Å². The van der Waals surface area contributed by atoms with Gasteiger partial charge in [0.15, 0.2) is 11.4 Å². The van der Waals surface area contributed by atoms with E-state index in [1.165, 1.54) is 9.08 Å². The number of carbonyl (C=O) groups excluding carboxylic acids is 1. The van der Waals surface area contributed by atoms with E-state index in [1.54, 1.807) is 54.7 Å². The number of para-hydroxylation sites is 1. The first kappa shape index (κ1) is 20.0. The van der Waals surface area contributed by atoms with Crippen LogP contribution in [0.2, 0.25) is 0 Å². The molecule has 0 unspecified atom stereocenters. The van der Waals surface area contributed by atoms with E-state index in [0.29, 0.717) is 42.2 Å². The number of hydrogen-bond donors (Lipinski definition) is 1. The number of aryl methyl sites for hydroxylation is 1. The topological polar surface area (TPSA) is 115 Å². The Labute approximate surface area is 177 Å². The van der Waals surface area contributed by atoms with Gasteiger partial charge in [0.05, 0.1) is 5.56 Å². The van der Waals surface area contributed by atoms with Crippen molar-refractivity contribution in [1.29, 1.82) is 5.26 Å². The van der Waals surface area contributed by atoms with Crippen LogP contribution >= 0.6 is 0 Å². The van der Waals surface area contributed by atoms with Gasteiger partial charge in [0.25, 0.3) is 5.91 Å². The molecular formula is C22H19N5O4. The maximum Gasteiger partial charge on any atom is 0.350 e. The summed E-state index contributed by atoms with van der Waals surface area (Å²) in [7, 11) is 0. The Bertz CT molecular complexity index is 1310. The van der Waals surface area contributed by atoms with E-state index in [2.05, 4.69) is 16.5 Å². The third-order valence-electron chi connectivity index (χ3n) is 4.58. The molecule has 0 aliphatic carbocycles. The molecule has 3 aromatic heterocycles. The first-order valence-corrected chi connectivity index (χ1v) is 9.69. The van der Waals surface area contributed by atoms with E-state index in [0.717, 1.165) is 0 Å². The Morgan fingerprint density at radius 2 is 2.00 bits per heavy atom. The molecule has 0 aliphatic rings. The van der Waals surface area contributed by atoms with Crippen LogP contribution < -0.4 is 15.7 Å². The van der Waals surface area contributed by atoms with E-state index in [9.17, 15) is 9.59 Å². The van der Waals surface area contributed by atoms with E-state index in [-0.39, 0.29) is 24.0 Å². The Morgan fingerprint density at radius 1 is 1.16 bits per heavy atom. The van der Waals surface area contributed by atoms with Gasteiger partial charge in [0, 0.05) is 19.3 Å². The lowest BCUT2D eigenvalue weighted by Gasteiger charge is -2.05. The van der Waals surface area contributed by atoms with Crippen LogP contribution in [-0.4, -0.2) is 26.6 Å². The van der Waals surface area contributed by atoms with Crippen molar-refractivity contribution in [3.8, 4) is 11.8 Å². The van der Waals surface area contributed by atoms with Gasteiger partial charge in [-0.1, -0.05) is 18.2 Å². The van der Waals surface area contributed by atoms with Crippen LogP contribution in [0.15, 0.2) is 70.0 Å². The fourth-order valence-corrected chi connectivity index (χ4v) is 3.04. The average Bonchev–Trinajstić information content (AvgIpc) is 3.40. The smallest absolute Gasteiger partial charge is 0.350 e. The molecule has 0 radical (unpaired) electrons. The number of nitrogens with zero attached hydrogens (tertiary/aromatic N) is 4. The Kier molecular flexibility index (Phi) is 5.80. The zero-order valence-electron chi connectivity index (χ0n) is 16.5. The summed E-state index contributed by atoms with van der Waals surface area (Å²) in [5.74, 6) is 0.729. The molecule has 4 rings (SSSR count). The summed E-state index contributed by atoms with van der Waals surface area (Å²) in [6.07, 6.45) is 2.21. The number of furan rings is 1. The van der Waals surface area contributed by atoms with Crippen LogP contribution in [0.3, 0.4) is 0 Å². The van der Waals surface area contributed by atoms with Gasteiger partial charge in [-0.25, -0.2) is 9.48 Å². The molecule has 0 saturated carbocycles. The van der Waals surface area contributed by atoms with Crippen molar-refractivity contribution in [1.82, 2.24) is 19.5 Å². The highest BCUT2D eigenvalue weighted by Gasteiger charge is 2.12. The van der Waals surface area contributed by atoms with Crippen LogP contribution in [0.4, 0.5) is 0 Å². The summed E-state index contributed by atoms with van der Waals surface area (Å²) in [6, 6.07) is 17.5. The molecule has 0 fully saturated rings. The summed E-state index contributed by atoms with van der Waals surface area (Å²) >= 11 is 0. The molecule has 1 amide bonds. The molecular weight excluding hydrogens is 398 g/mol. The molecule has 0 saturated heterocycles. The first-order valence-electron chi connectivity index (χ1n) is 9.69. The first-order chi connectivity index (χ1) is 15.2. The molecule has 3 heterocycles. The number of aromatic nitrogens is 3. The molecule has 156 valence electrons. The molecule has 0 bridgehead atoms. The van der Waals surface area contributed by atoms with Crippen molar-refractivity contribution in [2.24, 2.45) is 0 Å². The zero-order valence-corrected chi connectivity index (χ0v) is 16.5. The number of rotatable bonds is 8. The minimum Gasteiger partial charge on any atom is -0.484 e. The van der Waals surface area contributed by atoms with E-state index < -0.39 is 0 Å². The lowest BCUT2D eigenvalue weighted by Crippen LogP contribution is -2.27. The third kappa shape index (κ3) is 4.48. The number of nitriles is 1. The van der Waals surface area contributed by atoms with Crippen LogP contribution in [0.25, 0.3) is 5.65 Å². The van der Waals surface area contributed by atoms with E-state index in [1.807, 2.05) is 6.07 Å². The molecule has 1 N–H and O–H groups in total. The minimum absolute atomic E-state index is 0.1000. The minimum atomic E-state index is -0.356. The van der Waals surface area contributed by atoms with Gasteiger partial charge >= 0.3 is 5.69 Å². The van der Waals surface area contributed by atoms with Gasteiger partial charge in [-0.2, -0.15) is 5.26 Å². The van der Waals surface area contributed by atoms with Gasteiger partial charge < -0.3 is 14.5 Å². The highest BCUT2D eigenvalue weighted by atomic mass is 16.5. The quantitative estimate of drug-likeness (QED) is 0.440. The number of pyridine rings is 1. The van der Waals surface area contributed by atoms with Crippen LogP contribution in [-0.2, 0) is 13.2 Å². The second-order valence-corrected chi connectivity index (χ2v) is 6.71. The standard InChI is InChI=1S/C22H19N5O4/c23-14-16-6-1-2-7-18(16)30-15-17-9-10-19(31-17)21(28)24-11-5-13-27-22(29)26-12-4-3-8-20(26)25-27/h1-4,6-10,12H,5,11,13,15H2,(H,24,28). The summed E-state index contributed by atoms with van der Waals surface area (Å²) in [5.41, 5.74) is 0.798. The predicted octanol–water partition coefficient (Wildman–Crippen LogP) is 2.36. The fraction of sp³-hybridized carbons (Fsp3) is 0.182. The summed E-state index contributed by atoms with van der Waals surface area (Å²) in [6.45, 7) is 0.848. The second-order valence-electron chi connectivity index (χ2n) is 6.71. The molecule has 0 aliphatic heterocycles. The van der Waals surface area contributed by atoms with E-state index in [4.69, 9.17) is 14.4 Å². The number of hydrogen-bond acceptors (Lipinski definition) is 6. The SMILES string of the molecule is N#Cc1ccccc1OCc1ccc(C(=O)NCCCn2nc3ccccn3c2=O)o1. The Balaban J connectivity index is 1.26. The normalized spacial score (nSPS) is 10.7. The molecule has 1 aromatic carbocycles. The highest BCUT2D eigenvalue weighted by Crippen LogP contribution is 2.19. The monoisotopic (exact) mass is 417 g/mol. The molecule has 0 atom stereocenters. The summed E-state index contributed by atoms with van der Waals surface area (Å²) in [4.78, 5) is 24.5. The van der Waals surface area contributed by atoms with Gasteiger partial charge in [0.2, 0.25) is 0 Å². The highest BCUT2D eigenvalue weighted by molar-refractivity contribution is 5.91. The number of benzene rings is 1. The van der Waals surface area contributed by atoms with Crippen LogP contribution in [0, 0.1) is 11.3 Å². The van der Waals surface area contributed by atoms with Crippen molar-refractivity contribution in [3.05, 3.63) is 88.4 Å². The third-order valence-corrected chi connectivity index (χ3v) is 4.58. The largest absolute Gasteiger partial charge is 0.484 e. The van der Waals surface area contributed by atoms with Crippen molar-refractivity contribution < 1.29 is 13.9 Å². The van der Waals surface area contributed by atoms with Crippen molar-refractivity contribution >= 4 is 11.6 Å². The Hall–Kier alpha value is -4.32. The number of amides is 1. The molecule has 31 heavy (non-hydrogen) atoms. The number of carbonyl (C=O) groups is 1. The lowest BCUT2D eigenvalue weighted by atomic mass is 10.2. The van der Waals surface area contributed by atoms with Gasteiger partial charge in [0.1, 0.15) is 24.2 Å². The van der Waals surface area contributed by atoms with Crippen LogP contribution in [0.1, 0.15) is 28.3 Å². The Morgan fingerprint density at radius 3 is 2.84 bits per heavy atom. The molecule has 4 aromatic rings. The molecule has 9 heteroatoms. The number of ether oxygens (including phenoxy) is 1. The van der Waals surface area contributed by atoms with Crippen LogP contribution in [0.5, 0.6) is 5.75 Å². The zero-order chi connectivity index (χ0) is 21.6. The second kappa shape index (κ2) is 9.00. The number of fused-ring (bicyclic) bond motifs is 1. The van der Waals surface area contributed by atoms with Gasteiger partial charge in [-0.05, 0) is 42.8 Å². The fourth-order valence-electron chi connectivity index (χ4n) is 3.04. The predicted molar refractivity (Wildman–Crippen MR) is 111 cm³/mol.